The number of carbonyl (C=O) groups excluding carboxylic acids is 5. The Labute approximate surface area is 281 Å². The minimum absolute atomic E-state index is 0. The number of Topliss-reactive ketones (excluding diaryl/α,β-unsaturated/α-hetero) is 5. The van der Waals surface area contributed by atoms with E-state index in [0.29, 0.717) is 37.9 Å². The zero-order valence-electron chi connectivity index (χ0n) is 24.3. The molecule has 4 N–H and O–H groups in total. The van der Waals surface area contributed by atoms with Crippen LogP contribution in [-0.2, 0) is 25.6 Å². The molecule has 3 aromatic rings. The molecule has 3 aliphatic carbocycles. The summed E-state index contributed by atoms with van der Waals surface area (Å²) in [6, 6.07) is 7.48. The summed E-state index contributed by atoms with van der Waals surface area (Å²) >= 11 is 9.72. The monoisotopic (exact) mass is 798 g/mol. The van der Waals surface area contributed by atoms with E-state index in [-0.39, 0.29) is 40.8 Å². The number of pyridine rings is 2. The normalized spacial score (nSPS) is 17.2. The average Bonchev–Trinajstić information content (AvgIpc) is 3.07. The number of hydrogen-bond donors (Lipinski definition) is 1. The Morgan fingerprint density at radius 2 is 1.27 bits per heavy atom. The van der Waals surface area contributed by atoms with Gasteiger partial charge in [-0.1, -0.05) is 15.9 Å². The van der Waals surface area contributed by atoms with E-state index in [0.717, 1.165) is 70.9 Å². The molecule has 44 heavy (non-hydrogen) atoms. The highest BCUT2D eigenvalue weighted by Gasteiger charge is 2.25. The molecule has 3 aromatic heterocycles. The zero-order valence-corrected chi connectivity index (χ0v) is 29.1. The Kier molecular flexibility index (Phi) is 16.2. The average molecular weight is 801 g/mol. The van der Waals surface area contributed by atoms with Gasteiger partial charge in [0.15, 0.2) is 17.3 Å². The van der Waals surface area contributed by atoms with Crippen LogP contribution in [0.3, 0.4) is 0 Å². The molecule has 0 saturated heterocycles. The molecule has 2 fully saturated rings. The molecule has 0 aliphatic heterocycles. The van der Waals surface area contributed by atoms with Crippen LogP contribution >= 0.6 is 47.8 Å². The molecule has 13 heteroatoms. The van der Waals surface area contributed by atoms with Crippen LogP contribution in [0.15, 0.2) is 45.6 Å². The number of imidazole rings is 1. The third-order valence-corrected chi connectivity index (χ3v) is 8.91. The maximum absolute atomic E-state index is 12.0. The number of nitrogens with two attached hydrogens (primary N) is 1. The zero-order chi connectivity index (χ0) is 31.4. The largest absolute Gasteiger partial charge is 0.412 e. The van der Waals surface area contributed by atoms with Crippen molar-refractivity contribution < 1.29 is 29.4 Å². The van der Waals surface area contributed by atoms with Gasteiger partial charge in [-0.3, -0.25) is 28.4 Å². The van der Waals surface area contributed by atoms with Gasteiger partial charge in [-0.2, -0.15) is 0 Å². The lowest BCUT2D eigenvalue weighted by Gasteiger charge is -2.00. The van der Waals surface area contributed by atoms with Gasteiger partial charge in [-0.05, 0) is 101 Å². The van der Waals surface area contributed by atoms with Crippen molar-refractivity contribution in [2.75, 3.05) is 5.73 Å². The fourth-order valence-corrected chi connectivity index (χ4v) is 5.72. The Balaban J connectivity index is 0.000000212. The van der Waals surface area contributed by atoms with Gasteiger partial charge in [0.1, 0.15) is 33.6 Å². The first-order chi connectivity index (χ1) is 20.5. The molecule has 238 valence electrons. The summed E-state index contributed by atoms with van der Waals surface area (Å²) in [6.45, 7) is 0. The number of rotatable bonds is 0. The summed E-state index contributed by atoms with van der Waals surface area (Å²) in [5, 5.41) is 0. The smallest absolute Gasteiger partial charge is 0.181 e. The van der Waals surface area contributed by atoms with Crippen LogP contribution in [-0.4, -0.2) is 53.6 Å². The van der Waals surface area contributed by atoms with Crippen LogP contribution in [0.1, 0.15) is 93.2 Å². The van der Waals surface area contributed by atoms with Crippen LogP contribution in [0.25, 0.3) is 5.65 Å². The highest BCUT2D eigenvalue weighted by Crippen LogP contribution is 2.23. The number of alkyl halides is 1. The minimum Gasteiger partial charge on any atom is -0.412 e. The van der Waals surface area contributed by atoms with E-state index in [4.69, 9.17) is 5.73 Å². The molecule has 0 aromatic carbocycles. The van der Waals surface area contributed by atoms with Crippen molar-refractivity contribution in [3.8, 4) is 0 Å². The lowest BCUT2D eigenvalue weighted by atomic mass is 10.2. The Bertz CT molecular complexity index is 1400. The van der Waals surface area contributed by atoms with E-state index < -0.39 is 4.83 Å². The van der Waals surface area contributed by atoms with Crippen LogP contribution in [0.5, 0.6) is 0 Å². The quantitative estimate of drug-likeness (QED) is 0.122. The summed E-state index contributed by atoms with van der Waals surface area (Å²) in [6.07, 6.45) is 13.3. The number of hydrogen-bond acceptors (Lipinski definition) is 8. The van der Waals surface area contributed by atoms with Crippen molar-refractivity contribution in [3.63, 3.8) is 0 Å². The van der Waals surface area contributed by atoms with E-state index in [1.807, 2.05) is 28.8 Å². The van der Waals surface area contributed by atoms with Crippen LogP contribution < -0.4 is 5.73 Å². The highest BCUT2D eigenvalue weighted by molar-refractivity contribution is 9.11. The fraction of sp³-hybridized carbons (Fsp3) is 0.452. The van der Waals surface area contributed by atoms with Crippen molar-refractivity contribution in [2.45, 2.75) is 88.3 Å². The number of nitrogens with zero attached hydrogens (tertiary/aromatic N) is 3. The molecule has 2 saturated carbocycles. The first-order valence-electron chi connectivity index (χ1n) is 14.3. The Morgan fingerprint density at radius 3 is 1.84 bits per heavy atom. The first kappa shape index (κ1) is 37.6. The maximum Gasteiger partial charge on any atom is 0.181 e. The van der Waals surface area contributed by atoms with Gasteiger partial charge in [-0.15, -0.1) is 0 Å². The molecule has 0 radical (unpaired) electrons. The Hall–Kier alpha value is -2.61. The van der Waals surface area contributed by atoms with Crippen molar-refractivity contribution in [1.82, 2.24) is 14.4 Å². The Morgan fingerprint density at radius 1 is 0.727 bits per heavy atom. The SMILES string of the molecule is Nc1ccc(Br)cn1.O.O=C1CCCCC(=O)C1.O=C1CCCCC(=O)C1Br.O=C1CCCCc2nc3ccc(Br)cn3c21. The summed E-state index contributed by atoms with van der Waals surface area (Å²) in [5.41, 5.74) is 7.90. The van der Waals surface area contributed by atoms with Crippen molar-refractivity contribution in [3.05, 3.63) is 57.0 Å². The van der Waals surface area contributed by atoms with Crippen LogP contribution in [0, 0.1) is 0 Å². The molecule has 0 bridgehead atoms. The molecule has 0 atom stereocenters. The van der Waals surface area contributed by atoms with Gasteiger partial charge in [0.05, 0.1) is 12.1 Å². The highest BCUT2D eigenvalue weighted by atomic mass is 79.9. The second-order valence-electron chi connectivity index (χ2n) is 10.5. The number of ketones is 5. The van der Waals surface area contributed by atoms with Crippen molar-refractivity contribution in [2.24, 2.45) is 0 Å². The molecule has 3 heterocycles. The van der Waals surface area contributed by atoms with E-state index >= 15 is 0 Å². The number of aryl methyl sites for hydroxylation is 1. The van der Waals surface area contributed by atoms with Gasteiger partial charge in [0.2, 0.25) is 0 Å². The molecule has 3 aliphatic rings. The van der Waals surface area contributed by atoms with E-state index in [2.05, 4.69) is 57.8 Å². The van der Waals surface area contributed by atoms with Crippen molar-refractivity contribution >= 4 is 88.2 Å². The van der Waals surface area contributed by atoms with Gasteiger partial charge in [0.25, 0.3) is 0 Å². The van der Waals surface area contributed by atoms with Crippen LogP contribution in [0.2, 0.25) is 0 Å². The summed E-state index contributed by atoms with van der Waals surface area (Å²) in [5.74, 6) is 1.10. The number of fused-ring (bicyclic) bond motifs is 3. The van der Waals surface area contributed by atoms with Gasteiger partial charge in [-0.25, -0.2) is 9.97 Å². The minimum atomic E-state index is -0.505. The van der Waals surface area contributed by atoms with E-state index in [1.54, 1.807) is 12.3 Å². The molecular weight excluding hydrogens is 764 g/mol. The second-order valence-corrected chi connectivity index (χ2v) is 13.2. The third-order valence-electron chi connectivity index (χ3n) is 6.95. The van der Waals surface area contributed by atoms with Gasteiger partial charge < -0.3 is 11.2 Å². The number of halogens is 3. The van der Waals surface area contributed by atoms with Crippen molar-refractivity contribution in [1.29, 1.82) is 0 Å². The molecular formula is C31H37Br3N4O6. The fourth-order valence-electron chi connectivity index (χ4n) is 4.69. The van der Waals surface area contributed by atoms with Crippen LogP contribution in [0.4, 0.5) is 5.82 Å². The summed E-state index contributed by atoms with van der Waals surface area (Å²) in [4.78, 5) is 63.1. The molecule has 6 rings (SSSR count). The predicted octanol–water partition coefficient (Wildman–Crippen LogP) is 6.16. The molecule has 0 amide bonds. The van der Waals surface area contributed by atoms with E-state index in [9.17, 15) is 24.0 Å². The van der Waals surface area contributed by atoms with E-state index in [1.165, 1.54) is 0 Å². The predicted molar refractivity (Wildman–Crippen MR) is 179 cm³/mol. The second kappa shape index (κ2) is 19.0. The standard InChI is InChI=1S/C12H11BrN2O.C7H9BrO2.C7H10O2.C5H5BrN2.H2O/c13-8-5-6-11-14-9-3-1-2-4-10(16)12(9)15(11)7-8;8-7-5(9)3-1-2-4-6(7)10;8-6-3-1-2-4-7(9)5-6;6-4-1-2-5(7)8-3-4;/h5-7H,1-4H2;7H,1-4H2;1-5H2;1-3H,(H2,7,8);1H2. The lowest BCUT2D eigenvalue weighted by Crippen LogP contribution is -2.20. The molecule has 0 spiro atoms. The third kappa shape index (κ3) is 12.1. The molecule has 0 unspecified atom stereocenters. The summed E-state index contributed by atoms with van der Waals surface area (Å²) < 4.78 is 3.83. The van der Waals surface area contributed by atoms with Gasteiger partial charge in [0, 0.05) is 53.4 Å². The summed E-state index contributed by atoms with van der Waals surface area (Å²) in [7, 11) is 0. The number of aromatic nitrogens is 3. The topological polar surface area (TPSA) is 173 Å². The van der Waals surface area contributed by atoms with Gasteiger partial charge >= 0.3 is 0 Å². The first-order valence-corrected chi connectivity index (χ1v) is 16.8. The number of anilines is 1. The number of carbonyl (C=O) groups is 5. The number of nitrogen functional groups attached to an aromatic ring is 1. The maximum atomic E-state index is 12.0. The molecule has 10 nitrogen and oxygen atoms in total. The lowest BCUT2D eigenvalue weighted by molar-refractivity contribution is -0.127.